The molecule has 6 nitrogen and oxygen atoms in total. The molecule has 3 N–H and O–H groups in total. The normalized spacial score (nSPS) is 12.7. The predicted octanol–water partition coefficient (Wildman–Crippen LogP) is 23.5. The van der Waals surface area contributed by atoms with Crippen LogP contribution < -0.4 is 5.32 Å². The van der Waals surface area contributed by atoms with Crippen molar-refractivity contribution in [2.24, 2.45) is 0 Å². The number of carbonyl (C=O) groups is 2. The molecule has 0 bridgehead atoms. The van der Waals surface area contributed by atoms with E-state index in [1.165, 1.54) is 315 Å². The third-order valence-corrected chi connectivity index (χ3v) is 16.9. The highest BCUT2D eigenvalue weighted by molar-refractivity contribution is 5.76. The van der Waals surface area contributed by atoms with Crippen molar-refractivity contribution in [2.45, 2.75) is 411 Å². The Morgan fingerprint density at radius 1 is 0.350 bits per heavy atom. The van der Waals surface area contributed by atoms with Crippen LogP contribution in [0.15, 0.2) is 36.5 Å². The van der Waals surface area contributed by atoms with Crippen molar-refractivity contribution in [3.8, 4) is 0 Å². The summed E-state index contributed by atoms with van der Waals surface area (Å²) in [4.78, 5) is 24.6. The van der Waals surface area contributed by atoms with Gasteiger partial charge in [-0.05, 0) is 64.2 Å². The standard InChI is InChI=1S/C74H141NO5/c1-3-5-7-9-11-13-15-17-19-21-23-27-31-34-38-42-46-50-54-58-62-66-72(77)71(70-76)75-73(78)67-63-59-55-51-47-43-39-35-32-28-25-24-26-29-33-37-41-45-49-53-57-61-65-69-80-74(79)68-64-60-56-52-48-44-40-36-30-22-20-18-16-14-12-10-8-6-4-2/h24,26,28,32,62,66,71-72,76-77H,3-23,25,27,29-31,33-61,63-65,67-70H2,1-2H3,(H,75,78)/b26-24-,32-28-,66-62+. The van der Waals surface area contributed by atoms with Crippen LogP contribution in [0.4, 0.5) is 0 Å². The third kappa shape index (κ3) is 65.2. The van der Waals surface area contributed by atoms with Gasteiger partial charge < -0.3 is 20.3 Å². The number of aliphatic hydroxyl groups is 2. The van der Waals surface area contributed by atoms with Crippen LogP contribution in [-0.2, 0) is 14.3 Å². The first-order chi connectivity index (χ1) is 39.5. The molecule has 0 heterocycles. The minimum Gasteiger partial charge on any atom is -0.466 e. The summed E-state index contributed by atoms with van der Waals surface area (Å²) in [5, 5.41) is 23.2. The quantitative estimate of drug-likeness (QED) is 0.0320. The van der Waals surface area contributed by atoms with Gasteiger partial charge in [0.15, 0.2) is 0 Å². The Balaban J connectivity index is 3.45. The second-order valence-corrected chi connectivity index (χ2v) is 24.9. The number of allylic oxidation sites excluding steroid dienone is 5. The zero-order valence-corrected chi connectivity index (χ0v) is 54.1. The van der Waals surface area contributed by atoms with Crippen molar-refractivity contribution in [1.29, 1.82) is 0 Å². The number of hydrogen-bond donors (Lipinski definition) is 3. The van der Waals surface area contributed by atoms with Crippen molar-refractivity contribution < 1.29 is 24.5 Å². The van der Waals surface area contributed by atoms with Gasteiger partial charge in [-0.1, -0.05) is 359 Å². The molecule has 1 amide bonds. The molecule has 0 radical (unpaired) electrons. The van der Waals surface area contributed by atoms with Gasteiger partial charge in [-0.15, -0.1) is 0 Å². The second-order valence-electron chi connectivity index (χ2n) is 24.9. The van der Waals surface area contributed by atoms with E-state index in [-0.39, 0.29) is 18.5 Å². The van der Waals surface area contributed by atoms with Crippen molar-refractivity contribution in [3.63, 3.8) is 0 Å². The number of esters is 1. The maximum atomic E-state index is 12.5. The number of hydrogen-bond acceptors (Lipinski definition) is 5. The number of amides is 1. The summed E-state index contributed by atoms with van der Waals surface area (Å²) in [6.07, 6.45) is 89.4. The molecule has 0 aromatic rings. The summed E-state index contributed by atoms with van der Waals surface area (Å²) in [6.45, 7) is 4.94. The van der Waals surface area contributed by atoms with Gasteiger partial charge in [0.2, 0.25) is 5.91 Å². The molecule has 80 heavy (non-hydrogen) atoms. The average molecular weight is 1120 g/mol. The van der Waals surface area contributed by atoms with Crippen LogP contribution in [-0.4, -0.2) is 47.4 Å². The fourth-order valence-corrected chi connectivity index (χ4v) is 11.4. The molecule has 2 unspecified atom stereocenters. The van der Waals surface area contributed by atoms with Gasteiger partial charge in [0.1, 0.15) is 0 Å². The Morgan fingerprint density at radius 3 is 0.950 bits per heavy atom. The van der Waals surface area contributed by atoms with E-state index < -0.39 is 12.1 Å². The predicted molar refractivity (Wildman–Crippen MR) is 352 cm³/mol. The minimum absolute atomic E-state index is 0.0120. The van der Waals surface area contributed by atoms with Crippen molar-refractivity contribution in [3.05, 3.63) is 36.5 Å². The fourth-order valence-electron chi connectivity index (χ4n) is 11.4. The Kier molecular flexibility index (Phi) is 67.9. The number of unbranched alkanes of at least 4 members (excludes halogenated alkanes) is 53. The lowest BCUT2D eigenvalue weighted by Crippen LogP contribution is -2.45. The van der Waals surface area contributed by atoms with E-state index in [0.717, 1.165) is 57.8 Å². The Morgan fingerprint density at radius 2 is 0.625 bits per heavy atom. The molecule has 2 atom stereocenters. The van der Waals surface area contributed by atoms with Gasteiger partial charge in [0.25, 0.3) is 0 Å². The number of nitrogens with one attached hydrogen (secondary N) is 1. The minimum atomic E-state index is -0.853. The van der Waals surface area contributed by atoms with Gasteiger partial charge in [-0.3, -0.25) is 9.59 Å². The van der Waals surface area contributed by atoms with Gasteiger partial charge in [-0.2, -0.15) is 0 Å². The van der Waals surface area contributed by atoms with Crippen LogP contribution in [0.3, 0.4) is 0 Å². The monoisotopic (exact) mass is 1120 g/mol. The van der Waals surface area contributed by atoms with Gasteiger partial charge in [0.05, 0.1) is 25.4 Å². The molecule has 0 saturated heterocycles. The largest absolute Gasteiger partial charge is 0.466 e. The summed E-state index contributed by atoms with van der Waals surface area (Å²) in [7, 11) is 0. The summed E-state index contributed by atoms with van der Waals surface area (Å²) in [5.41, 5.74) is 0. The first-order valence-corrected chi connectivity index (χ1v) is 36.3. The van der Waals surface area contributed by atoms with E-state index in [2.05, 4.69) is 43.5 Å². The first kappa shape index (κ1) is 78.1. The Hall–Kier alpha value is -1.92. The molecule has 0 fully saturated rings. The molecule has 0 aromatic carbocycles. The lowest BCUT2D eigenvalue weighted by molar-refractivity contribution is -0.143. The highest BCUT2D eigenvalue weighted by Crippen LogP contribution is 2.19. The van der Waals surface area contributed by atoms with Crippen molar-refractivity contribution >= 4 is 11.9 Å². The maximum Gasteiger partial charge on any atom is 0.305 e. The van der Waals surface area contributed by atoms with Crippen molar-refractivity contribution in [1.82, 2.24) is 5.32 Å². The highest BCUT2D eigenvalue weighted by Gasteiger charge is 2.18. The number of rotatable bonds is 68. The Labute approximate surface area is 500 Å². The van der Waals surface area contributed by atoms with E-state index in [0.29, 0.717) is 19.4 Å². The molecule has 472 valence electrons. The number of ether oxygens (including phenoxy) is 1. The number of aliphatic hydroxyl groups excluding tert-OH is 2. The van der Waals surface area contributed by atoms with E-state index in [1.54, 1.807) is 6.08 Å². The lowest BCUT2D eigenvalue weighted by Gasteiger charge is -2.20. The smallest absolute Gasteiger partial charge is 0.305 e. The lowest BCUT2D eigenvalue weighted by atomic mass is 10.0. The first-order valence-electron chi connectivity index (χ1n) is 36.3. The fraction of sp³-hybridized carbons (Fsp3) is 0.892. The summed E-state index contributed by atoms with van der Waals surface area (Å²) >= 11 is 0. The van der Waals surface area contributed by atoms with Gasteiger partial charge in [0, 0.05) is 12.8 Å². The molecular weight excluding hydrogens is 983 g/mol. The third-order valence-electron chi connectivity index (χ3n) is 16.9. The second kappa shape index (κ2) is 69.6. The summed E-state index contributed by atoms with van der Waals surface area (Å²) < 4.78 is 5.51. The van der Waals surface area contributed by atoms with Crippen LogP contribution in [0, 0.1) is 0 Å². The zero-order chi connectivity index (χ0) is 57.8. The zero-order valence-electron chi connectivity index (χ0n) is 54.1. The van der Waals surface area contributed by atoms with Gasteiger partial charge >= 0.3 is 5.97 Å². The van der Waals surface area contributed by atoms with Crippen LogP contribution in [0.5, 0.6) is 0 Å². The van der Waals surface area contributed by atoms with E-state index in [4.69, 9.17) is 4.74 Å². The Bertz CT molecular complexity index is 1300. The molecule has 0 aliphatic heterocycles. The molecule has 0 saturated carbocycles. The number of carbonyl (C=O) groups excluding carboxylic acids is 2. The maximum absolute atomic E-state index is 12.5. The van der Waals surface area contributed by atoms with Gasteiger partial charge in [-0.25, -0.2) is 0 Å². The molecule has 0 rings (SSSR count). The molecule has 0 aliphatic rings. The molecular formula is C74H141NO5. The molecule has 6 heteroatoms. The van der Waals surface area contributed by atoms with E-state index >= 15 is 0 Å². The topological polar surface area (TPSA) is 95.9 Å². The van der Waals surface area contributed by atoms with E-state index in [9.17, 15) is 19.8 Å². The molecule has 0 spiro atoms. The van der Waals surface area contributed by atoms with Crippen LogP contribution in [0.25, 0.3) is 0 Å². The van der Waals surface area contributed by atoms with Crippen LogP contribution in [0.2, 0.25) is 0 Å². The average Bonchev–Trinajstić information content (AvgIpc) is 3.46. The SMILES string of the molecule is CCCCCCCCCCCCCCCCCCCCC/C=C/C(O)C(CO)NC(=O)CCCCCCCCC/C=C\C/C=C\CCCCCCCCCCCOC(=O)CCCCCCCCCCCCCCCCCCCCC. The molecule has 0 aliphatic carbocycles. The summed E-state index contributed by atoms with van der Waals surface area (Å²) in [5.74, 6) is -0.0629. The van der Waals surface area contributed by atoms with Crippen LogP contribution >= 0.6 is 0 Å². The molecule has 0 aromatic heterocycles. The summed E-state index contributed by atoms with van der Waals surface area (Å²) in [6, 6.07) is -0.637. The van der Waals surface area contributed by atoms with Crippen molar-refractivity contribution in [2.75, 3.05) is 13.2 Å². The van der Waals surface area contributed by atoms with E-state index in [1.807, 2.05) is 6.08 Å². The highest BCUT2D eigenvalue weighted by atomic mass is 16.5. The van der Waals surface area contributed by atoms with Crippen LogP contribution in [0.1, 0.15) is 399 Å².